The molecule has 1 aliphatic heterocycles. The third-order valence-electron chi connectivity index (χ3n) is 3.74. The highest BCUT2D eigenvalue weighted by molar-refractivity contribution is 7.89. The molecule has 1 N–H and O–H groups in total. The van der Waals surface area contributed by atoms with E-state index in [1.165, 1.54) is 24.3 Å². The van der Waals surface area contributed by atoms with Crippen LogP contribution in [-0.2, 0) is 16.4 Å². The van der Waals surface area contributed by atoms with E-state index < -0.39 is 14.9 Å². The molecule has 2 aromatic rings. The Morgan fingerprint density at radius 1 is 1.23 bits per heavy atom. The fourth-order valence-corrected chi connectivity index (χ4v) is 3.12. The zero-order valence-corrected chi connectivity index (χ0v) is 14.5. The Kier molecular flexibility index (Phi) is 4.76. The maximum absolute atomic E-state index is 12.2. The summed E-state index contributed by atoms with van der Waals surface area (Å²) in [5.74, 6) is 0.584. The summed E-state index contributed by atoms with van der Waals surface area (Å²) in [4.78, 5) is 12.7. The van der Waals surface area contributed by atoms with E-state index in [0.29, 0.717) is 5.75 Å². The second-order valence-corrected chi connectivity index (χ2v) is 7.03. The van der Waals surface area contributed by atoms with E-state index >= 15 is 0 Å². The van der Waals surface area contributed by atoms with Crippen LogP contribution in [0.1, 0.15) is 18.1 Å². The third-order valence-corrected chi connectivity index (χ3v) is 4.98. The summed E-state index contributed by atoms with van der Waals surface area (Å²) in [6, 6.07) is 8.94. The smallest absolute Gasteiger partial charge is 0.282 e. The first kappa shape index (κ1) is 17.7. The molecule has 3 rings (SSSR count). The molecular weight excluding hydrogens is 362 g/mol. The van der Waals surface area contributed by atoms with Gasteiger partial charge in [0.05, 0.1) is 27.7 Å². The van der Waals surface area contributed by atoms with Crippen LogP contribution in [0.25, 0.3) is 0 Å². The van der Waals surface area contributed by atoms with Gasteiger partial charge in [-0.1, -0.05) is 19.1 Å². The van der Waals surface area contributed by atoms with Crippen LogP contribution in [0, 0.1) is 10.1 Å². The average molecular weight is 377 g/mol. The number of nitrogens with one attached hydrogen (secondary N) is 1. The molecule has 0 bridgehead atoms. The molecule has 0 spiro atoms. The van der Waals surface area contributed by atoms with Crippen LogP contribution in [-0.4, -0.2) is 26.3 Å². The van der Waals surface area contributed by atoms with Crippen LogP contribution < -0.4 is 14.3 Å². The Morgan fingerprint density at radius 2 is 1.88 bits per heavy atom. The zero-order valence-electron chi connectivity index (χ0n) is 13.7. The Hall–Kier alpha value is -3.14. The molecule has 1 aliphatic rings. The fraction of sp³-hybridized carbons (Fsp3) is 0.188. The van der Waals surface area contributed by atoms with Crippen molar-refractivity contribution in [2.45, 2.75) is 18.2 Å². The van der Waals surface area contributed by atoms with Crippen LogP contribution in [0.4, 0.5) is 5.69 Å². The van der Waals surface area contributed by atoms with Gasteiger partial charge in [0, 0.05) is 0 Å². The molecule has 0 fully saturated rings. The number of hydrogen-bond donors (Lipinski definition) is 1. The quantitative estimate of drug-likeness (QED) is 0.468. The lowest BCUT2D eigenvalue weighted by Crippen LogP contribution is -2.18. The van der Waals surface area contributed by atoms with Gasteiger partial charge in [0.1, 0.15) is 0 Å². The third kappa shape index (κ3) is 3.59. The lowest BCUT2D eigenvalue weighted by Gasteiger charge is -2.04. The largest absolute Gasteiger partial charge is 0.454 e. The molecule has 2 aromatic carbocycles. The number of sulfonamides is 1. The molecule has 0 atom stereocenters. The van der Waals surface area contributed by atoms with Crippen LogP contribution in [0.3, 0.4) is 0 Å². The Bertz CT molecular complexity index is 970. The van der Waals surface area contributed by atoms with Crippen molar-refractivity contribution in [2.75, 3.05) is 6.79 Å². The van der Waals surface area contributed by atoms with Crippen molar-refractivity contribution in [1.82, 2.24) is 4.83 Å². The predicted octanol–water partition coefficient (Wildman–Crippen LogP) is 2.20. The van der Waals surface area contributed by atoms with Crippen molar-refractivity contribution in [3.8, 4) is 11.5 Å². The molecule has 0 saturated carbocycles. The van der Waals surface area contributed by atoms with Crippen molar-refractivity contribution < 1.29 is 22.8 Å². The molecule has 26 heavy (non-hydrogen) atoms. The molecule has 9 nitrogen and oxygen atoms in total. The first-order valence-electron chi connectivity index (χ1n) is 7.62. The van der Waals surface area contributed by atoms with E-state index in [1.54, 1.807) is 12.1 Å². The fourth-order valence-electron chi connectivity index (χ4n) is 2.33. The Balaban J connectivity index is 1.82. The van der Waals surface area contributed by atoms with Gasteiger partial charge < -0.3 is 9.47 Å². The van der Waals surface area contributed by atoms with E-state index in [2.05, 4.69) is 5.10 Å². The number of hydrogen-bond acceptors (Lipinski definition) is 7. The van der Waals surface area contributed by atoms with Crippen LogP contribution in [0.5, 0.6) is 11.5 Å². The molecule has 0 radical (unpaired) electrons. The van der Waals surface area contributed by atoms with Gasteiger partial charge in [-0.2, -0.15) is 13.5 Å². The van der Waals surface area contributed by atoms with Gasteiger partial charge in [-0.25, -0.2) is 4.83 Å². The van der Waals surface area contributed by atoms with Gasteiger partial charge in [0.25, 0.3) is 15.7 Å². The van der Waals surface area contributed by atoms with Crippen molar-refractivity contribution in [3.63, 3.8) is 0 Å². The van der Waals surface area contributed by atoms with E-state index in [0.717, 1.165) is 18.2 Å². The molecular formula is C16H15N3O6S. The SMILES string of the molecule is CCc1ccc(S(=O)(=O)N/N=C\c2cc3c(cc2[N+](=O)[O-])OCO3)cc1. The topological polar surface area (TPSA) is 120 Å². The number of nitro benzene ring substituents is 1. The van der Waals surface area contributed by atoms with Crippen molar-refractivity contribution >= 4 is 21.9 Å². The monoisotopic (exact) mass is 377 g/mol. The van der Waals surface area contributed by atoms with E-state index in [9.17, 15) is 18.5 Å². The minimum absolute atomic E-state index is 0.0343. The molecule has 0 unspecified atom stereocenters. The average Bonchev–Trinajstić information content (AvgIpc) is 3.08. The number of aryl methyl sites for hydroxylation is 1. The van der Waals surface area contributed by atoms with Crippen molar-refractivity contribution in [3.05, 3.63) is 57.6 Å². The number of hydrazone groups is 1. The predicted molar refractivity (Wildman–Crippen MR) is 93.0 cm³/mol. The molecule has 0 saturated heterocycles. The summed E-state index contributed by atoms with van der Waals surface area (Å²) in [6.45, 7) is 1.93. The molecule has 1 heterocycles. The van der Waals surface area contributed by atoms with Gasteiger partial charge >= 0.3 is 0 Å². The number of fused-ring (bicyclic) bond motifs is 1. The minimum Gasteiger partial charge on any atom is -0.454 e. The Morgan fingerprint density at radius 3 is 2.50 bits per heavy atom. The molecule has 10 heteroatoms. The highest BCUT2D eigenvalue weighted by Crippen LogP contribution is 2.37. The summed E-state index contributed by atoms with van der Waals surface area (Å²) in [7, 11) is -3.87. The highest BCUT2D eigenvalue weighted by atomic mass is 32.2. The van der Waals surface area contributed by atoms with Crippen LogP contribution >= 0.6 is 0 Å². The number of ether oxygens (including phenoxy) is 2. The summed E-state index contributed by atoms with van der Waals surface area (Å²) in [5.41, 5.74) is 0.816. The molecule has 136 valence electrons. The second-order valence-electron chi connectivity index (χ2n) is 5.37. The number of nitrogens with zero attached hydrogens (tertiary/aromatic N) is 2. The standard InChI is InChI=1S/C16H15N3O6S/c1-2-11-3-5-13(6-4-11)26(22,23)18-17-9-12-7-15-16(25-10-24-15)8-14(12)19(20)21/h3-9,18H,2,10H2,1H3/b17-9-. The normalized spacial score (nSPS) is 13.1. The van der Waals surface area contributed by atoms with Crippen molar-refractivity contribution in [1.29, 1.82) is 0 Å². The zero-order chi connectivity index (χ0) is 18.7. The first-order valence-corrected chi connectivity index (χ1v) is 9.11. The number of benzene rings is 2. The van der Waals surface area contributed by atoms with Gasteiger partial charge in [-0.05, 0) is 30.2 Å². The number of rotatable bonds is 6. The lowest BCUT2D eigenvalue weighted by atomic mass is 10.1. The van der Waals surface area contributed by atoms with E-state index in [1.807, 2.05) is 11.8 Å². The van der Waals surface area contributed by atoms with E-state index in [4.69, 9.17) is 9.47 Å². The summed E-state index contributed by atoms with van der Waals surface area (Å²) in [6.07, 6.45) is 1.84. The van der Waals surface area contributed by atoms with Gasteiger partial charge in [0.2, 0.25) is 6.79 Å². The van der Waals surface area contributed by atoms with Gasteiger partial charge in [0.15, 0.2) is 11.5 Å². The Labute approximate surface area is 149 Å². The maximum Gasteiger partial charge on any atom is 0.282 e. The second kappa shape index (κ2) is 7.00. The molecule has 0 aliphatic carbocycles. The minimum atomic E-state index is -3.87. The van der Waals surface area contributed by atoms with Crippen molar-refractivity contribution in [2.24, 2.45) is 5.10 Å². The lowest BCUT2D eigenvalue weighted by molar-refractivity contribution is -0.385. The summed E-state index contributed by atoms with van der Waals surface area (Å²) < 4.78 is 34.7. The van der Waals surface area contributed by atoms with Gasteiger partial charge in [-0.3, -0.25) is 10.1 Å². The maximum atomic E-state index is 12.2. The van der Waals surface area contributed by atoms with E-state index in [-0.39, 0.29) is 28.7 Å². The highest BCUT2D eigenvalue weighted by Gasteiger charge is 2.22. The number of nitro groups is 1. The summed E-state index contributed by atoms with van der Waals surface area (Å²) >= 11 is 0. The van der Waals surface area contributed by atoms with Crippen LogP contribution in [0.15, 0.2) is 46.4 Å². The molecule has 0 amide bonds. The van der Waals surface area contributed by atoms with Crippen LogP contribution in [0.2, 0.25) is 0 Å². The van der Waals surface area contributed by atoms with Gasteiger partial charge in [-0.15, -0.1) is 0 Å². The first-order chi connectivity index (χ1) is 12.4. The summed E-state index contributed by atoms with van der Waals surface area (Å²) in [5, 5.41) is 14.8. The molecule has 0 aromatic heterocycles.